The monoisotopic (exact) mass is 362 g/mol. The summed E-state index contributed by atoms with van der Waals surface area (Å²) in [5.41, 5.74) is 3.50. The van der Waals surface area contributed by atoms with Gasteiger partial charge in [0.05, 0.1) is 6.20 Å². The third kappa shape index (κ3) is 5.81. The highest BCUT2D eigenvalue weighted by molar-refractivity contribution is 5.76. The van der Waals surface area contributed by atoms with Gasteiger partial charge in [0.2, 0.25) is 5.91 Å². The second kappa shape index (κ2) is 9.17. The van der Waals surface area contributed by atoms with Crippen molar-refractivity contribution in [2.75, 3.05) is 0 Å². The molecule has 3 rings (SSSR count). The van der Waals surface area contributed by atoms with E-state index in [4.69, 9.17) is 4.42 Å². The van der Waals surface area contributed by atoms with E-state index in [1.807, 2.05) is 49.4 Å². The minimum absolute atomic E-state index is 0.0330. The molecule has 140 valence electrons. The van der Waals surface area contributed by atoms with Crippen LogP contribution in [0.3, 0.4) is 0 Å². The first-order valence-electron chi connectivity index (χ1n) is 9.45. The molecule has 4 heteroatoms. The maximum atomic E-state index is 12.2. The number of amides is 1. The lowest BCUT2D eigenvalue weighted by Crippen LogP contribution is -2.33. The van der Waals surface area contributed by atoms with Gasteiger partial charge in [0, 0.05) is 24.4 Å². The molecule has 1 N–H and O–H groups in total. The molecule has 3 aromatic rings. The second-order valence-corrected chi connectivity index (χ2v) is 6.98. The lowest BCUT2D eigenvalue weighted by Gasteiger charge is -2.13. The van der Waals surface area contributed by atoms with Gasteiger partial charge in [-0.3, -0.25) is 4.79 Å². The molecule has 0 aliphatic carbocycles. The number of benzene rings is 2. The number of aryl methyl sites for hydroxylation is 3. The largest absolute Gasteiger partial charge is 0.441 e. The summed E-state index contributed by atoms with van der Waals surface area (Å²) in [5.74, 6) is 1.37. The topological polar surface area (TPSA) is 55.1 Å². The molecule has 0 saturated carbocycles. The smallest absolute Gasteiger partial charge is 0.220 e. The van der Waals surface area contributed by atoms with Crippen LogP contribution in [-0.4, -0.2) is 16.9 Å². The number of oxazole rings is 1. The van der Waals surface area contributed by atoms with Crippen LogP contribution in [-0.2, 0) is 17.6 Å². The Hall–Kier alpha value is -2.88. The molecule has 1 unspecified atom stereocenters. The van der Waals surface area contributed by atoms with Gasteiger partial charge in [-0.2, -0.15) is 0 Å². The van der Waals surface area contributed by atoms with Crippen molar-refractivity contribution >= 4 is 5.91 Å². The molecule has 0 aliphatic heterocycles. The third-order valence-electron chi connectivity index (χ3n) is 4.57. The molecule has 2 aromatic carbocycles. The molecule has 1 amide bonds. The maximum Gasteiger partial charge on any atom is 0.220 e. The Kier molecular flexibility index (Phi) is 6.42. The zero-order chi connectivity index (χ0) is 19.1. The van der Waals surface area contributed by atoms with Crippen LogP contribution in [0.2, 0.25) is 0 Å². The number of carbonyl (C=O) groups excluding carboxylic acids is 1. The highest BCUT2D eigenvalue weighted by Crippen LogP contribution is 2.21. The van der Waals surface area contributed by atoms with E-state index in [9.17, 15) is 4.79 Å². The van der Waals surface area contributed by atoms with Crippen LogP contribution in [0.25, 0.3) is 11.3 Å². The molecule has 0 aliphatic rings. The molecular formula is C23H26N2O2. The van der Waals surface area contributed by atoms with Crippen molar-refractivity contribution in [1.82, 2.24) is 10.3 Å². The zero-order valence-corrected chi connectivity index (χ0v) is 15.9. The van der Waals surface area contributed by atoms with E-state index < -0.39 is 0 Å². The molecule has 0 radical (unpaired) electrons. The average Bonchev–Trinajstić information content (AvgIpc) is 3.15. The minimum Gasteiger partial charge on any atom is -0.441 e. The van der Waals surface area contributed by atoms with Gasteiger partial charge in [0.25, 0.3) is 0 Å². The summed E-state index contributed by atoms with van der Waals surface area (Å²) >= 11 is 0. The van der Waals surface area contributed by atoms with Crippen LogP contribution in [0.1, 0.15) is 36.8 Å². The average molecular weight is 362 g/mol. The van der Waals surface area contributed by atoms with Gasteiger partial charge < -0.3 is 9.73 Å². The first kappa shape index (κ1) is 18.9. The first-order chi connectivity index (χ1) is 13.1. The van der Waals surface area contributed by atoms with E-state index in [1.165, 1.54) is 11.1 Å². The fourth-order valence-electron chi connectivity index (χ4n) is 2.94. The number of nitrogens with one attached hydrogen (secondary N) is 1. The zero-order valence-electron chi connectivity index (χ0n) is 15.9. The number of rotatable bonds is 8. The quantitative estimate of drug-likeness (QED) is 0.631. The van der Waals surface area contributed by atoms with Gasteiger partial charge in [0.15, 0.2) is 11.7 Å². The fraction of sp³-hybridized carbons (Fsp3) is 0.304. The van der Waals surface area contributed by atoms with Gasteiger partial charge in [-0.25, -0.2) is 4.98 Å². The van der Waals surface area contributed by atoms with Gasteiger partial charge in [0.1, 0.15) is 0 Å². The Bertz CT molecular complexity index is 854. The predicted octanol–water partition coefficient (Wildman–Crippen LogP) is 4.72. The normalized spacial score (nSPS) is 11.9. The summed E-state index contributed by atoms with van der Waals surface area (Å²) in [5, 5.41) is 3.06. The Balaban J connectivity index is 1.43. The van der Waals surface area contributed by atoms with Crippen LogP contribution in [0.5, 0.6) is 0 Å². The molecule has 0 spiro atoms. The predicted molar refractivity (Wildman–Crippen MR) is 107 cm³/mol. The molecule has 0 saturated heterocycles. The van der Waals surface area contributed by atoms with Crippen molar-refractivity contribution < 1.29 is 9.21 Å². The van der Waals surface area contributed by atoms with Crippen molar-refractivity contribution in [1.29, 1.82) is 0 Å². The fourth-order valence-corrected chi connectivity index (χ4v) is 2.94. The molecule has 1 aromatic heterocycles. The minimum atomic E-state index is 0.0330. The summed E-state index contributed by atoms with van der Waals surface area (Å²) in [4.78, 5) is 16.5. The van der Waals surface area contributed by atoms with Crippen LogP contribution in [0, 0.1) is 6.92 Å². The number of hydrogen-bond donors (Lipinski definition) is 1. The highest BCUT2D eigenvalue weighted by atomic mass is 16.4. The van der Waals surface area contributed by atoms with E-state index in [0.29, 0.717) is 18.7 Å². The van der Waals surface area contributed by atoms with E-state index >= 15 is 0 Å². The van der Waals surface area contributed by atoms with E-state index in [1.54, 1.807) is 6.20 Å². The molecule has 1 heterocycles. The molecule has 27 heavy (non-hydrogen) atoms. The van der Waals surface area contributed by atoms with Crippen molar-refractivity contribution in [2.45, 2.75) is 45.6 Å². The van der Waals surface area contributed by atoms with Gasteiger partial charge in [-0.05, 0) is 32.3 Å². The Morgan fingerprint density at radius 2 is 1.81 bits per heavy atom. The lowest BCUT2D eigenvalue weighted by molar-refractivity contribution is -0.121. The highest BCUT2D eigenvalue weighted by Gasteiger charge is 2.11. The SMILES string of the molecule is Cc1ccc(-c2cnc(CCC(=O)NC(C)CCc3ccccc3)o2)cc1. The second-order valence-electron chi connectivity index (χ2n) is 6.98. The van der Waals surface area contributed by atoms with Gasteiger partial charge in [-0.1, -0.05) is 60.2 Å². The Morgan fingerprint density at radius 1 is 1.07 bits per heavy atom. The van der Waals surface area contributed by atoms with Crippen LogP contribution < -0.4 is 5.32 Å². The number of hydrogen-bond acceptors (Lipinski definition) is 3. The Morgan fingerprint density at radius 3 is 2.56 bits per heavy atom. The maximum absolute atomic E-state index is 12.2. The first-order valence-corrected chi connectivity index (χ1v) is 9.45. The van der Waals surface area contributed by atoms with Crippen LogP contribution >= 0.6 is 0 Å². The molecule has 1 atom stereocenters. The number of carbonyl (C=O) groups is 1. The van der Waals surface area contributed by atoms with E-state index in [0.717, 1.165) is 24.2 Å². The van der Waals surface area contributed by atoms with Gasteiger partial charge in [-0.15, -0.1) is 0 Å². The van der Waals surface area contributed by atoms with E-state index in [2.05, 4.69) is 29.4 Å². The standard InChI is InChI=1S/C23H26N2O2/c1-17-8-12-20(13-9-17)21-16-24-23(27-21)15-14-22(26)25-18(2)10-11-19-6-4-3-5-7-19/h3-9,12-13,16,18H,10-11,14-15H2,1-2H3,(H,25,26). The molecule has 0 fully saturated rings. The van der Waals surface area contributed by atoms with Gasteiger partial charge >= 0.3 is 0 Å². The van der Waals surface area contributed by atoms with Crippen LogP contribution in [0.15, 0.2) is 65.2 Å². The summed E-state index contributed by atoms with van der Waals surface area (Å²) in [6, 6.07) is 18.6. The summed E-state index contributed by atoms with van der Waals surface area (Å²) in [6.07, 6.45) is 4.49. The summed E-state index contributed by atoms with van der Waals surface area (Å²) in [7, 11) is 0. The number of nitrogens with zero attached hydrogens (tertiary/aromatic N) is 1. The summed E-state index contributed by atoms with van der Waals surface area (Å²) < 4.78 is 5.78. The molecule has 0 bridgehead atoms. The Labute approximate surface area is 160 Å². The molecular weight excluding hydrogens is 336 g/mol. The van der Waals surface area contributed by atoms with Crippen molar-refractivity contribution in [2.24, 2.45) is 0 Å². The van der Waals surface area contributed by atoms with Crippen molar-refractivity contribution in [3.63, 3.8) is 0 Å². The van der Waals surface area contributed by atoms with E-state index in [-0.39, 0.29) is 11.9 Å². The molecule has 4 nitrogen and oxygen atoms in total. The third-order valence-corrected chi connectivity index (χ3v) is 4.57. The van der Waals surface area contributed by atoms with Crippen LogP contribution in [0.4, 0.5) is 0 Å². The van der Waals surface area contributed by atoms with Crippen molar-refractivity contribution in [3.05, 3.63) is 77.8 Å². The lowest BCUT2D eigenvalue weighted by atomic mass is 10.1. The van der Waals surface area contributed by atoms with Crippen molar-refractivity contribution in [3.8, 4) is 11.3 Å². The number of aromatic nitrogens is 1. The summed E-state index contributed by atoms with van der Waals surface area (Å²) in [6.45, 7) is 4.09.